The van der Waals surface area contributed by atoms with Crippen molar-refractivity contribution in [3.8, 4) is 0 Å². The van der Waals surface area contributed by atoms with Crippen LogP contribution in [0.4, 0.5) is 14.5 Å². The highest BCUT2D eigenvalue weighted by Crippen LogP contribution is 2.40. The maximum atomic E-state index is 13.7. The standard InChI is InChI=1S/C23H28F2N6O/c1-13(2)14-5-7-16(8-6-14)30-12-18(20(29-30)21(24)25)28-23(32)17-11-27-31-19(15-3-4-15)9-10-26-22(17)31/h9-16,21H,3-8H2,1-2H3,(H,28,32). The number of carbonyl (C=O) groups is 1. The Hall–Kier alpha value is -2.84. The van der Waals surface area contributed by atoms with Gasteiger partial charge in [-0.1, -0.05) is 13.8 Å². The fourth-order valence-electron chi connectivity index (χ4n) is 4.83. The molecule has 1 N–H and O–H groups in total. The van der Waals surface area contributed by atoms with Crippen molar-refractivity contribution in [1.82, 2.24) is 24.4 Å². The first kappa shape index (κ1) is 21.0. The molecular weight excluding hydrogens is 414 g/mol. The number of hydrogen-bond acceptors (Lipinski definition) is 4. The molecule has 0 radical (unpaired) electrons. The van der Waals surface area contributed by atoms with E-state index in [9.17, 15) is 13.6 Å². The zero-order chi connectivity index (χ0) is 22.4. The van der Waals surface area contributed by atoms with Crippen LogP contribution in [0.1, 0.15) is 92.5 Å². The summed E-state index contributed by atoms with van der Waals surface area (Å²) in [5.41, 5.74) is 1.37. The van der Waals surface area contributed by atoms with E-state index in [2.05, 4.69) is 34.3 Å². The lowest BCUT2D eigenvalue weighted by atomic mass is 9.80. The maximum Gasteiger partial charge on any atom is 0.284 e. The van der Waals surface area contributed by atoms with Gasteiger partial charge in [0.1, 0.15) is 5.56 Å². The minimum atomic E-state index is -2.78. The third kappa shape index (κ3) is 3.89. The molecular formula is C23H28F2N6O. The number of anilines is 1. The Morgan fingerprint density at radius 1 is 1.16 bits per heavy atom. The van der Waals surface area contributed by atoms with Gasteiger partial charge in [-0.25, -0.2) is 18.3 Å². The highest BCUT2D eigenvalue weighted by atomic mass is 19.3. The molecule has 2 fully saturated rings. The molecule has 32 heavy (non-hydrogen) atoms. The van der Waals surface area contributed by atoms with E-state index in [1.807, 2.05) is 6.07 Å². The maximum absolute atomic E-state index is 13.7. The fraction of sp³-hybridized carbons (Fsp3) is 0.565. The van der Waals surface area contributed by atoms with E-state index in [4.69, 9.17) is 0 Å². The van der Waals surface area contributed by atoms with Crippen LogP contribution in [0.3, 0.4) is 0 Å². The topological polar surface area (TPSA) is 77.1 Å². The van der Waals surface area contributed by atoms with Crippen LogP contribution in [0, 0.1) is 11.8 Å². The Labute approximate surface area is 185 Å². The van der Waals surface area contributed by atoms with Crippen LogP contribution in [0.5, 0.6) is 0 Å². The van der Waals surface area contributed by atoms with Crippen LogP contribution < -0.4 is 5.32 Å². The van der Waals surface area contributed by atoms with Crippen LogP contribution in [0.15, 0.2) is 24.7 Å². The van der Waals surface area contributed by atoms with Gasteiger partial charge in [0.25, 0.3) is 12.3 Å². The van der Waals surface area contributed by atoms with Gasteiger partial charge in [-0.15, -0.1) is 0 Å². The number of nitrogens with zero attached hydrogens (tertiary/aromatic N) is 5. The van der Waals surface area contributed by atoms with Gasteiger partial charge in [-0.3, -0.25) is 9.48 Å². The fourth-order valence-corrected chi connectivity index (χ4v) is 4.83. The first-order valence-electron chi connectivity index (χ1n) is 11.4. The van der Waals surface area contributed by atoms with Crippen molar-refractivity contribution < 1.29 is 13.6 Å². The summed E-state index contributed by atoms with van der Waals surface area (Å²) in [6.45, 7) is 4.45. The number of halogens is 2. The largest absolute Gasteiger partial charge is 0.319 e. The predicted molar refractivity (Wildman–Crippen MR) is 116 cm³/mol. The van der Waals surface area contributed by atoms with E-state index in [1.165, 1.54) is 6.20 Å². The second-order valence-electron chi connectivity index (χ2n) is 9.41. The molecule has 170 valence electrons. The third-order valence-corrected chi connectivity index (χ3v) is 6.94. The third-order valence-electron chi connectivity index (χ3n) is 6.94. The number of aromatic nitrogens is 5. The van der Waals surface area contributed by atoms with Crippen molar-refractivity contribution >= 4 is 17.2 Å². The SMILES string of the molecule is CC(C)C1CCC(n2cc(NC(=O)c3cnn4c(C5CC5)ccnc34)c(C(F)F)n2)CC1. The van der Waals surface area contributed by atoms with Gasteiger partial charge in [-0.05, 0) is 56.4 Å². The number of carbonyl (C=O) groups excluding carboxylic acids is 1. The number of rotatable bonds is 6. The normalized spacial score (nSPS) is 21.6. The average Bonchev–Trinajstić information content (AvgIpc) is 3.38. The van der Waals surface area contributed by atoms with Crippen molar-refractivity contribution in [2.24, 2.45) is 11.8 Å². The Balaban J connectivity index is 1.38. The number of hydrogen-bond donors (Lipinski definition) is 1. The van der Waals surface area contributed by atoms with Gasteiger partial charge in [0, 0.05) is 24.0 Å². The molecule has 5 rings (SSSR count). The second kappa shape index (κ2) is 8.26. The Morgan fingerprint density at radius 3 is 2.56 bits per heavy atom. The van der Waals surface area contributed by atoms with Gasteiger partial charge in [0.15, 0.2) is 11.3 Å². The van der Waals surface area contributed by atoms with Crippen LogP contribution in [-0.4, -0.2) is 30.3 Å². The summed E-state index contributed by atoms with van der Waals surface area (Å²) in [5.74, 6) is 1.22. The lowest BCUT2D eigenvalue weighted by molar-refractivity contribution is 0.102. The van der Waals surface area contributed by atoms with Crippen LogP contribution >= 0.6 is 0 Å². The first-order valence-corrected chi connectivity index (χ1v) is 11.4. The van der Waals surface area contributed by atoms with Gasteiger partial charge in [-0.2, -0.15) is 10.2 Å². The van der Waals surface area contributed by atoms with Crippen LogP contribution in [0.2, 0.25) is 0 Å². The summed E-state index contributed by atoms with van der Waals surface area (Å²) in [6, 6.07) is 1.99. The second-order valence-corrected chi connectivity index (χ2v) is 9.41. The molecule has 0 saturated heterocycles. The highest BCUT2D eigenvalue weighted by Gasteiger charge is 2.30. The van der Waals surface area contributed by atoms with Gasteiger partial charge in [0.2, 0.25) is 0 Å². The van der Waals surface area contributed by atoms with Crippen molar-refractivity contribution in [3.63, 3.8) is 0 Å². The summed E-state index contributed by atoms with van der Waals surface area (Å²) in [5, 5.41) is 11.1. The summed E-state index contributed by atoms with van der Waals surface area (Å²) < 4.78 is 30.7. The zero-order valence-corrected chi connectivity index (χ0v) is 18.3. The average molecular weight is 443 g/mol. The number of nitrogens with one attached hydrogen (secondary N) is 1. The Morgan fingerprint density at radius 2 is 1.91 bits per heavy atom. The predicted octanol–water partition coefficient (Wildman–Crippen LogP) is 5.38. The van der Waals surface area contributed by atoms with Crippen molar-refractivity contribution in [3.05, 3.63) is 41.6 Å². The van der Waals surface area contributed by atoms with E-state index in [0.29, 0.717) is 23.4 Å². The summed E-state index contributed by atoms with van der Waals surface area (Å²) in [6.07, 6.45) is 8.01. The molecule has 0 bridgehead atoms. The molecule has 0 aromatic carbocycles. The quantitative estimate of drug-likeness (QED) is 0.556. The van der Waals surface area contributed by atoms with Crippen molar-refractivity contribution in [2.45, 2.75) is 70.8 Å². The number of alkyl halides is 2. The van der Waals surface area contributed by atoms with E-state index in [1.54, 1.807) is 21.6 Å². The smallest absolute Gasteiger partial charge is 0.284 e. The lowest BCUT2D eigenvalue weighted by Gasteiger charge is -2.30. The van der Waals surface area contributed by atoms with Gasteiger partial charge >= 0.3 is 0 Å². The molecule has 3 aromatic rings. The molecule has 3 heterocycles. The molecule has 1 amide bonds. The molecule has 3 aromatic heterocycles. The Kier molecular flexibility index (Phi) is 5.43. The molecule has 7 nitrogen and oxygen atoms in total. The Bertz CT molecular complexity index is 1120. The molecule has 2 aliphatic carbocycles. The van der Waals surface area contributed by atoms with Gasteiger partial charge < -0.3 is 5.32 Å². The molecule has 2 aliphatic rings. The summed E-state index contributed by atoms with van der Waals surface area (Å²) in [7, 11) is 0. The van der Waals surface area contributed by atoms with Crippen LogP contribution in [0.25, 0.3) is 5.65 Å². The van der Waals surface area contributed by atoms with E-state index in [0.717, 1.165) is 44.2 Å². The van der Waals surface area contributed by atoms with E-state index in [-0.39, 0.29) is 17.3 Å². The number of amides is 1. The van der Waals surface area contributed by atoms with Crippen molar-refractivity contribution in [2.75, 3.05) is 5.32 Å². The first-order chi connectivity index (χ1) is 15.4. The zero-order valence-electron chi connectivity index (χ0n) is 18.3. The molecule has 9 heteroatoms. The molecule has 0 aliphatic heterocycles. The van der Waals surface area contributed by atoms with Gasteiger partial charge in [0.05, 0.1) is 17.9 Å². The molecule has 0 spiro atoms. The monoisotopic (exact) mass is 442 g/mol. The van der Waals surface area contributed by atoms with E-state index >= 15 is 0 Å². The lowest BCUT2D eigenvalue weighted by Crippen LogP contribution is -2.21. The van der Waals surface area contributed by atoms with E-state index < -0.39 is 18.0 Å². The molecule has 2 saturated carbocycles. The molecule has 0 atom stereocenters. The molecule has 0 unspecified atom stereocenters. The minimum absolute atomic E-state index is 0.0497. The minimum Gasteiger partial charge on any atom is -0.319 e. The summed E-state index contributed by atoms with van der Waals surface area (Å²) >= 11 is 0. The number of fused-ring (bicyclic) bond motifs is 1. The van der Waals surface area contributed by atoms with Crippen LogP contribution in [-0.2, 0) is 0 Å². The summed E-state index contributed by atoms with van der Waals surface area (Å²) in [4.78, 5) is 17.3. The van der Waals surface area contributed by atoms with Crippen molar-refractivity contribution in [1.29, 1.82) is 0 Å². The highest BCUT2D eigenvalue weighted by molar-refractivity contribution is 6.08.